The molecule has 2 amide bonds. The van der Waals surface area contributed by atoms with Crippen molar-refractivity contribution in [1.82, 2.24) is 14.8 Å². The number of carbonyl (C=O) groups excluding carboxylic acids is 2. The number of amides is 2. The lowest BCUT2D eigenvalue weighted by Gasteiger charge is -2.22. The van der Waals surface area contributed by atoms with E-state index in [-0.39, 0.29) is 18.2 Å². The van der Waals surface area contributed by atoms with Crippen LogP contribution in [0.4, 0.5) is 11.6 Å². The molecule has 7 nitrogen and oxygen atoms in total. The fourth-order valence-electron chi connectivity index (χ4n) is 2.55. The van der Waals surface area contributed by atoms with Gasteiger partial charge in [0.15, 0.2) is 0 Å². The van der Waals surface area contributed by atoms with Crippen LogP contribution in [0.25, 0.3) is 0 Å². The summed E-state index contributed by atoms with van der Waals surface area (Å²) in [7, 11) is 0. The summed E-state index contributed by atoms with van der Waals surface area (Å²) >= 11 is 0. The van der Waals surface area contributed by atoms with Gasteiger partial charge in [0.05, 0.1) is 6.42 Å². The molecule has 0 fully saturated rings. The Kier molecular flexibility index (Phi) is 3.85. The third-order valence-electron chi connectivity index (χ3n) is 3.81. The van der Waals surface area contributed by atoms with Gasteiger partial charge in [0.2, 0.25) is 17.8 Å². The lowest BCUT2D eigenvalue weighted by molar-refractivity contribution is -0.125. The van der Waals surface area contributed by atoms with Gasteiger partial charge < -0.3 is 5.32 Å². The average Bonchev–Trinajstić information content (AvgIpc) is 2.86. The Hall–Kier alpha value is -2.70. The largest absolute Gasteiger partial charge is 0.324 e. The van der Waals surface area contributed by atoms with E-state index >= 15 is 0 Å². The van der Waals surface area contributed by atoms with Gasteiger partial charge in [0, 0.05) is 5.69 Å². The van der Waals surface area contributed by atoms with Crippen LogP contribution in [-0.2, 0) is 9.59 Å². The molecule has 7 heteroatoms. The van der Waals surface area contributed by atoms with Crippen LogP contribution in [0.15, 0.2) is 24.3 Å². The molecule has 1 atom stereocenters. The summed E-state index contributed by atoms with van der Waals surface area (Å²) in [6, 6.07) is 7.01. The maximum atomic E-state index is 12.5. The number of aromatic nitrogens is 3. The molecule has 23 heavy (non-hydrogen) atoms. The first-order valence-electron chi connectivity index (χ1n) is 7.58. The zero-order valence-electron chi connectivity index (χ0n) is 13.3. The minimum atomic E-state index is -0.690. The lowest BCUT2D eigenvalue weighted by Crippen LogP contribution is -2.36. The maximum Gasteiger partial charge on any atom is 0.249 e. The number of hydrogen-bond donors (Lipinski definition) is 2. The van der Waals surface area contributed by atoms with Crippen LogP contribution in [0.1, 0.15) is 43.6 Å². The Bertz CT molecular complexity index is 748. The van der Waals surface area contributed by atoms with Crippen LogP contribution < -0.4 is 10.6 Å². The van der Waals surface area contributed by atoms with Crippen LogP contribution in [0.2, 0.25) is 0 Å². The number of fused-ring (bicyclic) bond motifs is 1. The summed E-state index contributed by atoms with van der Waals surface area (Å²) in [6.07, 6.45) is 0.0473. The molecular weight excluding hydrogens is 294 g/mol. The number of benzene rings is 1. The van der Waals surface area contributed by atoms with E-state index in [0.717, 1.165) is 0 Å². The second-order valence-electron chi connectivity index (χ2n) is 5.96. The first-order valence-corrected chi connectivity index (χ1v) is 7.58. The molecular formula is C16H19N5O2. The van der Waals surface area contributed by atoms with E-state index < -0.39 is 6.04 Å². The molecule has 3 rings (SSSR count). The number of anilines is 2. The minimum Gasteiger partial charge on any atom is -0.324 e. The molecule has 120 valence electrons. The van der Waals surface area contributed by atoms with Gasteiger partial charge in [-0.1, -0.05) is 26.0 Å². The highest BCUT2D eigenvalue weighted by Gasteiger charge is 2.32. The number of aryl methyl sites for hydroxylation is 1. The molecule has 2 aromatic rings. The van der Waals surface area contributed by atoms with Crippen LogP contribution >= 0.6 is 0 Å². The van der Waals surface area contributed by atoms with Gasteiger partial charge in [0.1, 0.15) is 11.9 Å². The quantitative estimate of drug-likeness (QED) is 0.909. The fraction of sp³-hybridized carbons (Fsp3) is 0.375. The normalized spacial score (nSPS) is 16.9. The fourth-order valence-corrected chi connectivity index (χ4v) is 2.55. The molecule has 0 aliphatic carbocycles. The monoisotopic (exact) mass is 313 g/mol. The first-order chi connectivity index (χ1) is 10.9. The number of carbonyl (C=O) groups is 2. The molecule has 1 aromatic heterocycles. The number of nitrogens with one attached hydrogen (secondary N) is 2. The predicted molar refractivity (Wildman–Crippen MR) is 86.2 cm³/mol. The van der Waals surface area contributed by atoms with E-state index in [4.69, 9.17) is 0 Å². The molecule has 0 saturated carbocycles. The first kappa shape index (κ1) is 15.2. The zero-order valence-corrected chi connectivity index (χ0v) is 13.3. The van der Waals surface area contributed by atoms with Crippen molar-refractivity contribution in [2.75, 3.05) is 10.6 Å². The maximum absolute atomic E-state index is 12.5. The molecule has 0 radical (unpaired) electrons. The summed E-state index contributed by atoms with van der Waals surface area (Å²) in [6.45, 7) is 5.95. The van der Waals surface area contributed by atoms with Crippen molar-refractivity contribution in [3.63, 3.8) is 0 Å². The van der Waals surface area contributed by atoms with Crippen LogP contribution in [0.3, 0.4) is 0 Å². The van der Waals surface area contributed by atoms with Gasteiger partial charge in [-0.15, -0.1) is 0 Å². The van der Waals surface area contributed by atoms with Gasteiger partial charge in [-0.25, -0.2) is 4.68 Å². The van der Waals surface area contributed by atoms with Crippen molar-refractivity contribution in [1.29, 1.82) is 0 Å². The molecule has 2 heterocycles. The third kappa shape index (κ3) is 3.08. The van der Waals surface area contributed by atoms with E-state index in [1.165, 1.54) is 10.2 Å². The van der Waals surface area contributed by atoms with Gasteiger partial charge in [0.25, 0.3) is 0 Å². The molecule has 2 N–H and O–H groups in total. The average molecular weight is 313 g/mol. The Balaban J connectivity index is 1.79. The summed E-state index contributed by atoms with van der Waals surface area (Å²) in [4.78, 5) is 28.4. The molecule has 0 spiro atoms. The number of rotatable bonds is 3. The Labute approximate surface area is 134 Å². The van der Waals surface area contributed by atoms with Crippen molar-refractivity contribution in [2.45, 2.75) is 39.2 Å². The Morgan fingerprint density at radius 1 is 1.35 bits per heavy atom. The molecule has 1 aliphatic rings. The van der Waals surface area contributed by atoms with Gasteiger partial charge in [-0.3, -0.25) is 14.9 Å². The van der Waals surface area contributed by atoms with E-state index in [2.05, 4.69) is 34.6 Å². The highest BCUT2D eigenvalue weighted by molar-refractivity contribution is 6.00. The van der Waals surface area contributed by atoms with Crippen molar-refractivity contribution in [3.05, 3.63) is 35.7 Å². The van der Waals surface area contributed by atoms with Crippen LogP contribution in [0, 0.1) is 6.92 Å². The summed E-state index contributed by atoms with van der Waals surface area (Å²) < 4.78 is 1.47. The zero-order chi connectivity index (χ0) is 16.6. The Morgan fingerprint density at radius 2 is 2.04 bits per heavy atom. The number of hydrogen-bond acceptors (Lipinski definition) is 4. The van der Waals surface area contributed by atoms with Crippen molar-refractivity contribution >= 4 is 23.5 Å². The molecule has 0 bridgehead atoms. The van der Waals surface area contributed by atoms with Crippen molar-refractivity contribution < 1.29 is 9.59 Å². The summed E-state index contributed by atoms with van der Waals surface area (Å²) in [5, 5.41) is 9.66. The van der Waals surface area contributed by atoms with Crippen LogP contribution in [-0.4, -0.2) is 26.6 Å². The minimum absolute atomic E-state index is 0.0473. The van der Waals surface area contributed by atoms with Gasteiger partial charge >= 0.3 is 0 Å². The SMILES string of the molecule is Cc1nc2n(n1)[C@H](C(=O)Nc1ccc(C(C)C)cc1)CC(=O)N2. The lowest BCUT2D eigenvalue weighted by atomic mass is 10.0. The second kappa shape index (κ2) is 5.83. The molecule has 1 aromatic carbocycles. The van der Waals surface area contributed by atoms with Crippen molar-refractivity contribution in [2.24, 2.45) is 0 Å². The highest BCUT2D eigenvalue weighted by atomic mass is 16.2. The smallest absolute Gasteiger partial charge is 0.249 e. The van der Waals surface area contributed by atoms with Gasteiger partial charge in [-0.05, 0) is 30.5 Å². The molecule has 0 unspecified atom stereocenters. The van der Waals surface area contributed by atoms with E-state index in [0.29, 0.717) is 23.4 Å². The third-order valence-corrected chi connectivity index (χ3v) is 3.81. The summed E-state index contributed by atoms with van der Waals surface area (Å²) in [5.41, 5.74) is 1.90. The van der Waals surface area contributed by atoms with E-state index in [1.807, 2.05) is 24.3 Å². The van der Waals surface area contributed by atoms with Crippen LogP contribution in [0.5, 0.6) is 0 Å². The van der Waals surface area contributed by atoms with E-state index in [1.54, 1.807) is 6.92 Å². The Morgan fingerprint density at radius 3 is 2.70 bits per heavy atom. The highest BCUT2D eigenvalue weighted by Crippen LogP contribution is 2.24. The number of nitrogens with zero attached hydrogens (tertiary/aromatic N) is 3. The standard InChI is InChI=1S/C16H19N5O2/c1-9(2)11-4-6-12(7-5-11)18-15(23)13-8-14(22)19-16-17-10(3)20-21(13)16/h4-7,9,13H,8H2,1-3H3,(H,18,23)(H,17,19,20,22)/t13-/m0/s1. The molecule has 1 aliphatic heterocycles. The van der Waals surface area contributed by atoms with Crippen molar-refractivity contribution in [3.8, 4) is 0 Å². The molecule has 0 saturated heterocycles. The second-order valence-corrected chi connectivity index (χ2v) is 5.96. The van der Waals surface area contributed by atoms with Gasteiger partial charge in [-0.2, -0.15) is 10.1 Å². The van der Waals surface area contributed by atoms with E-state index in [9.17, 15) is 9.59 Å². The predicted octanol–water partition coefficient (Wildman–Crippen LogP) is 2.23. The summed E-state index contributed by atoms with van der Waals surface area (Å²) in [5.74, 6) is 0.751. The topological polar surface area (TPSA) is 88.9 Å².